The Morgan fingerprint density at radius 2 is 1.84 bits per heavy atom. The molecule has 1 aromatic carbocycles. The van der Waals surface area contributed by atoms with E-state index in [1.165, 1.54) is 12.1 Å². The number of aromatic nitrogens is 2. The molecule has 2 rings (SSSR count). The maximum Gasteiger partial charge on any atom is 0.461 e. The fourth-order valence-electron chi connectivity index (χ4n) is 1.78. The van der Waals surface area contributed by atoms with Crippen LogP contribution in [0.5, 0.6) is 0 Å². The van der Waals surface area contributed by atoms with Gasteiger partial charge in [-0.1, -0.05) is 6.07 Å². The maximum atomic E-state index is 13.3. The highest BCUT2D eigenvalue weighted by Gasteiger charge is 2.61. The zero-order chi connectivity index (χ0) is 14.4. The van der Waals surface area contributed by atoms with Crippen molar-refractivity contribution in [2.24, 2.45) is 12.8 Å². The predicted molar refractivity (Wildman–Crippen MR) is 58.6 cm³/mol. The van der Waals surface area contributed by atoms with Gasteiger partial charge < -0.3 is 10.3 Å². The van der Waals surface area contributed by atoms with E-state index in [0.717, 1.165) is 11.6 Å². The molecule has 2 aromatic rings. The Morgan fingerprint density at radius 1 is 1.21 bits per heavy atom. The molecule has 3 nitrogen and oxygen atoms in total. The Kier molecular flexibility index (Phi) is 3.00. The number of rotatable bonds is 2. The number of hydrogen-bond acceptors (Lipinski definition) is 2. The van der Waals surface area contributed by atoms with Crippen LogP contribution in [0.1, 0.15) is 11.4 Å². The molecule has 0 amide bonds. The van der Waals surface area contributed by atoms with Crippen molar-refractivity contribution in [1.82, 2.24) is 9.55 Å². The van der Waals surface area contributed by atoms with Crippen molar-refractivity contribution in [3.63, 3.8) is 0 Å². The Hall–Kier alpha value is -1.70. The molecule has 0 radical (unpaired) electrons. The molecule has 0 fully saturated rings. The van der Waals surface area contributed by atoms with Crippen molar-refractivity contribution >= 4 is 11.0 Å². The summed E-state index contributed by atoms with van der Waals surface area (Å²) in [5.74, 6) is -6.33. The van der Waals surface area contributed by atoms with Crippen molar-refractivity contribution in [1.29, 1.82) is 0 Å². The van der Waals surface area contributed by atoms with Crippen molar-refractivity contribution in [3.8, 4) is 0 Å². The molecule has 104 valence electrons. The third-order valence-corrected chi connectivity index (χ3v) is 2.82. The van der Waals surface area contributed by atoms with Gasteiger partial charge in [-0.2, -0.15) is 22.0 Å². The van der Waals surface area contributed by atoms with Crippen molar-refractivity contribution in [2.45, 2.75) is 18.6 Å². The highest BCUT2D eigenvalue weighted by atomic mass is 19.4. The number of alkyl halides is 5. The summed E-state index contributed by atoms with van der Waals surface area (Å²) in [6.45, 7) is 0.150. The first-order valence-corrected chi connectivity index (χ1v) is 5.29. The van der Waals surface area contributed by atoms with Gasteiger partial charge in [0.05, 0.1) is 11.0 Å². The predicted octanol–water partition coefficient (Wildman–Crippen LogP) is 2.69. The van der Waals surface area contributed by atoms with Gasteiger partial charge in [0.1, 0.15) is 0 Å². The molecule has 1 heterocycles. The fraction of sp³-hybridized carbons (Fsp3) is 0.364. The van der Waals surface area contributed by atoms with Crippen LogP contribution in [0.25, 0.3) is 11.0 Å². The average molecular weight is 279 g/mol. The highest BCUT2D eigenvalue weighted by Crippen LogP contribution is 2.43. The van der Waals surface area contributed by atoms with Gasteiger partial charge in [0.25, 0.3) is 0 Å². The molecule has 0 saturated carbocycles. The van der Waals surface area contributed by atoms with Gasteiger partial charge in [-0.05, 0) is 17.7 Å². The number of fused-ring (bicyclic) bond motifs is 1. The largest absolute Gasteiger partial charge is 0.461 e. The molecule has 0 unspecified atom stereocenters. The van der Waals surface area contributed by atoms with E-state index in [9.17, 15) is 22.0 Å². The van der Waals surface area contributed by atoms with Crippen LogP contribution in [0.2, 0.25) is 0 Å². The average Bonchev–Trinajstić information content (AvgIpc) is 2.65. The number of aryl methyl sites for hydroxylation is 1. The summed E-state index contributed by atoms with van der Waals surface area (Å²) in [7, 11) is 1.12. The lowest BCUT2D eigenvalue weighted by molar-refractivity contribution is -0.293. The van der Waals surface area contributed by atoms with E-state index >= 15 is 0 Å². The number of nitrogens with zero attached hydrogens (tertiary/aromatic N) is 2. The third kappa shape index (κ3) is 2.05. The van der Waals surface area contributed by atoms with E-state index < -0.39 is 17.9 Å². The molecule has 1 aromatic heterocycles. The normalized spacial score (nSPS) is 13.2. The van der Waals surface area contributed by atoms with E-state index in [0.29, 0.717) is 5.56 Å². The number of imidazole rings is 1. The van der Waals surface area contributed by atoms with Crippen LogP contribution in [0, 0.1) is 0 Å². The second kappa shape index (κ2) is 4.16. The summed E-state index contributed by atoms with van der Waals surface area (Å²) in [4.78, 5) is 3.40. The van der Waals surface area contributed by atoms with Crippen LogP contribution < -0.4 is 5.73 Å². The van der Waals surface area contributed by atoms with E-state index in [2.05, 4.69) is 4.98 Å². The zero-order valence-electron chi connectivity index (χ0n) is 9.80. The minimum atomic E-state index is -5.68. The third-order valence-electron chi connectivity index (χ3n) is 2.82. The van der Waals surface area contributed by atoms with Crippen LogP contribution in [0.15, 0.2) is 18.2 Å². The highest BCUT2D eigenvalue weighted by molar-refractivity contribution is 5.77. The van der Waals surface area contributed by atoms with Crippen LogP contribution in [0.4, 0.5) is 22.0 Å². The molecule has 0 saturated heterocycles. The fourth-order valence-corrected chi connectivity index (χ4v) is 1.78. The Bertz CT molecular complexity index is 615. The molecular formula is C11H10F5N3. The Labute approximate surface area is 104 Å². The van der Waals surface area contributed by atoms with E-state index in [1.54, 1.807) is 6.07 Å². The molecule has 0 spiro atoms. The van der Waals surface area contributed by atoms with E-state index in [-0.39, 0.29) is 17.6 Å². The van der Waals surface area contributed by atoms with Crippen LogP contribution in [0.3, 0.4) is 0 Å². The first-order chi connectivity index (χ1) is 8.68. The summed E-state index contributed by atoms with van der Waals surface area (Å²) in [5.41, 5.74) is 6.23. The molecule has 0 atom stereocenters. The summed E-state index contributed by atoms with van der Waals surface area (Å²) >= 11 is 0. The second-order valence-corrected chi connectivity index (χ2v) is 4.09. The standard InChI is InChI=1S/C11H10F5N3/c1-19-8-3-2-6(5-17)4-7(8)18-9(19)10(12,13)11(14,15)16/h2-4H,5,17H2,1H3. The van der Waals surface area contributed by atoms with Crippen molar-refractivity contribution < 1.29 is 22.0 Å². The monoisotopic (exact) mass is 279 g/mol. The molecule has 2 N–H and O–H groups in total. The maximum absolute atomic E-state index is 13.3. The molecule has 0 aliphatic rings. The van der Waals surface area contributed by atoms with Gasteiger partial charge in [0.15, 0.2) is 5.82 Å². The van der Waals surface area contributed by atoms with Gasteiger partial charge in [-0.3, -0.25) is 0 Å². The van der Waals surface area contributed by atoms with Crippen molar-refractivity contribution in [3.05, 3.63) is 29.6 Å². The Balaban J connectivity index is 2.66. The summed E-state index contributed by atoms with van der Waals surface area (Å²) in [5, 5.41) is 0. The van der Waals surface area contributed by atoms with E-state index in [4.69, 9.17) is 5.73 Å². The minimum absolute atomic E-state index is 0.0596. The number of benzene rings is 1. The van der Waals surface area contributed by atoms with Gasteiger partial charge in [0.2, 0.25) is 0 Å². The van der Waals surface area contributed by atoms with Crippen molar-refractivity contribution in [2.75, 3.05) is 0 Å². The second-order valence-electron chi connectivity index (χ2n) is 4.09. The van der Waals surface area contributed by atoms with Gasteiger partial charge in [-0.25, -0.2) is 4.98 Å². The van der Waals surface area contributed by atoms with Crippen LogP contribution >= 0.6 is 0 Å². The van der Waals surface area contributed by atoms with E-state index in [1.807, 2.05) is 0 Å². The summed E-state index contributed by atoms with van der Waals surface area (Å²) in [6.07, 6.45) is -5.68. The van der Waals surface area contributed by atoms with Gasteiger partial charge in [0, 0.05) is 13.6 Å². The van der Waals surface area contributed by atoms with Crippen LogP contribution in [-0.2, 0) is 19.5 Å². The van der Waals surface area contributed by atoms with Crippen LogP contribution in [-0.4, -0.2) is 15.7 Å². The molecule has 19 heavy (non-hydrogen) atoms. The summed E-state index contributed by atoms with van der Waals surface area (Å²) < 4.78 is 64.4. The lowest BCUT2D eigenvalue weighted by atomic mass is 10.2. The molecule has 0 aliphatic carbocycles. The lowest BCUT2D eigenvalue weighted by Gasteiger charge is -2.18. The van der Waals surface area contributed by atoms with Gasteiger partial charge in [-0.15, -0.1) is 0 Å². The molecule has 0 aliphatic heterocycles. The zero-order valence-corrected chi connectivity index (χ0v) is 9.80. The first-order valence-electron chi connectivity index (χ1n) is 5.29. The quantitative estimate of drug-likeness (QED) is 0.859. The molecule has 8 heteroatoms. The number of halogens is 5. The van der Waals surface area contributed by atoms with Gasteiger partial charge >= 0.3 is 12.1 Å². The summed E-state index contributed by atoms with van der Waals surface area (Å²) in [6, 6.07) is 4.37. The first kappa shape index (κ1) is 13.7. The SMILES string of the molecule is Cn1c(C(F)(F)C(F)(F)F)nc2cc(CN)ccc21. The molecule has 0 bridgehead atoms. The lowest BCUT2D eigenvalue weighted by Crippen LogP contribution is -2.36. The topological polar surface area (TPSA) is 43.8 Å². The Morgan fingerprint density at radius 3 is 2.37 bits per heavy atom. The smallest absolute Gasteiger partial charge is 0.326 e. The molecular weight excluding hydrogens is 269 g/mol. The number of nitrogens with two attached hydrogens (primary N) is 1. The minimum Gasteiger partial charge on any atom is -0.326 e. The number of hydrogen-bond donors (Lipinski definition) is 1.